The molecule has 2 aliphatic heterocycles. The summed E-state index contributed by atoms with van der Waals surface area (Å²) < 4.78 is 5.62. The number of ether oxygens (including phenoxy) is 1. The van der Waals surface area contributed by atoms with Crippen LogP contribution in [0.3, 0.4) is 0 Å². The number of para-hydroxylation sites is 1. The van der Waals surface area contributed by atoms with Gasteiger partial charge in [0, 0.05) is 38.6 Å². The van der Waals surface area contributed by atoms with Gasteiger partial charge in [0.2, 0.25) is 11.8 Å². The van der Waals surface area contributed by atoms with Crippen molar-refractivity contribution in [2.75, 3.05) is 32.8 Å². The van der Waals surface area contributed by atoms with Gasteiger partial charge in [-0.05, 0) is 31.9 Å². The molecule has 2 saturated heterocycles. The number of carbonyl (C=O) groups excluding carboxylic acids is 2. The molecule has 142 valence electrons. The van der Waals surface area contributed by atoms with Crippen molar-refractivity contribution in [2.24, 2.45) is 0 Å². The minimum atomic E-state index is -0.151. The first-order valence-corrected chi connectivity index (χ1v) is 9.39. The number of piperazine rings is 1. The van der Waals surface area contributed by atoms with E-state index in [4.69, 9.17) is 4.74 Å². The summed E-state index contributed by atoms with van der Waals surface area (Å²) in [6, 6.07) is 9.78. The van der Waals surface area contributed by atoms with Gasteiger partial charge in [0.05, 0.1) is 6.61 Å². The van der Waals surface area contributed by atoms with Gasteiger partial charge in [-0.15, -0.1) is 0 Å². The van der Waals surface area contributed by atoms with Crippen LogP contribution >= 0.6 is 0 Å². The van der Waals surface area contributed by atoms with Gasteiger partial charge in [0.1, 0.15) is 11.8 Å². The fourth-order valence-corrected chi connectivity index (χ4v) is 3.36. The first-order valence-electron chi connectivity index (χ1n) is 9.39. The van der Waals surface area contributed by atoms with Crippen molar-refractivity contribution in [1.82, 2.24) is 20.7 Å². The number of hydrogen-bond donors (Lipinski definition) is 2. The Morgan fingerprint density at radius 2 is 1.77 bits per heavy atom. The molecule has 1 aromatic carbocycles. The lowest BCUT2D eigenvalue weighted by Gasteiger charge is -2.36. The molecule has 0 aromatic heterocycles. The van der Waals surface area contributed by atoms with Crippen LogP contribution in [-0.4, -0.2) is 66.5 Å². The topological polar surface area (TPSA) is 73.9 Å². The van der Waals surface area contributed by atoms with E-state index in [9.17, 15) is 9.59 Å². The van der Waals surface area contributed by atoms with Crippen molar-refractivity contribution < 1.29 is 14.3 Å². The zero-order valence-electron chi connectivity index (χ0n) is 15.3. The zero-order valence-corrected chi connectivity index (χ0v) is 15.3. The minimum absolute atomic E-state index is 0.130. The van der Waals surface area contributed by atoms with Crippen molar-refractivity contribution in [1.29, 1.82) is 0 Å². The molecule has 2 N–H and O–H groups in total. The molecule has 0 saturated carbocycles. The molecule has 2 fully saturated rings. The van der Waals surface area contributed by atoms with E-state index >= 15 is 0 Å². The quantitative estimate of drug-likeness (QED) is 0.733. The van der Waals surface area contributed by atoms with E-state index in [0.29, 0.717) is 51.7 Å². The largest absolute Gasteiger partial charge is 0.494 e. The number of nitrogens with zero attached hydrogens (tertiary/aromatic N) is 2. The van der Waals surface area contributed by atoms with Gasteiger partial charge in [-0.1, -0.05) is 18.2 Å². The highest BCUT2D eigenvalue weighted by Crippen LogP contribution is 2.12. The lowest BCUT2D eigenvalue weighted by atomic mass is 10.1. The van der Waals surface area contributed by atoms with Gasteiger partial charge in [0.25, 0.3) is 0 Å². The van der Waals surface area contributed by atoms with E-state index in [1.807, 2.05) is 40.1 Å². The van der Waals surface area contributed by atoms with Crippen LogP contribution in [0.5, 0.6) is 5.75 Å². The summed E-state index contributed by atoms with van der Waals surface area (Å²) >= 11 is 0. The third-order valence-corrected chi connectivity index (χ3v) is 4.88. The minimum Gasteiger partial charge on any atom is -0.494 e. The van der Waals surface area contributed by atoms with Gasteiger partial charge < -0.3 is 14.5 Å². The summed E-state index contributed by atoms with van der Waals surface area (Å²) in [5.41, 5.74) is 6.13. The Bertz CT molecular complexity index is 602. The molecule has 0 bridgehead atoms. The highest BCUT2D eigenvalue weighted by Gasteiger charge is 2.32. The van der Waals surface area contributed by atoms with Crippen LogP contribution in [0.1, 0.15) is 26.2 Å². The summed E-state index contributed by atoms with van der Waals surface area (Å²) in [4.78, 5) is 28.5. The molecule has 3 rings (SSSR count). The van der Waals surface area contributed by atoms with E-state index in [1.165, 1.54) is 0 Å². The number of rotatable bonds is 6. The summed E-state index contributed by atoms with van der Waals surface area (Å²) in [5, 5.41) is 0. The fraction of sp³-hybridized carbons (Fsp3) is 0.579. The van der Waals surface area contributed by atoms with Crippen LogP contribution in [0.2, 0.25) is 0 Å². The van der Waals surface area contributed by atoms with Gasteiger partial charge in [-0.25, -0.2) is 5.43 Å². The molecule has 0 aliphatic carbocycles. The summed E-state index contributed by atoms with van der Waals surface area (Å²) in [6.45, 7) is 5.03. The first-order chi connectivity index (χ1) is 12.6. The Balaban J connectivity index is 1.33. The normalized spacial score (nSPS) is 23.1. The van der Waals surface area contributed by atoms with Crippen molar-refractivity contribution in [3.63, 3.8) is 0 Å². The highest BCUT2D eigenvalue weighted by atomic mass is 16.5. The fourth-order valence-electron chi connectivity index (χ4n) is 3.36. The second-order valence-electron chi connectivity index (χ2n) is 6.95. The molecule has 2 unspecified atom stereocenters. The Labute approximate surface area is 154 Å². The number of benzene rings is 1. The summed E-state index contributed by atoms with van der Waals surface area (Å²) in [5.74, 6) is 1.10. The number of carbonyl (C=O) groups is 2. The smallest absolute Gasteiger partial charge is 0.241 e. The molecule has 0 spiro atoms. The SMILES string of the molecule is CC1CC(C(=O)N2CCN(C(=O)CCCOc3ccccc3)CC2)NN1. The third-order valence-electron chi connectivity index (χ3n) is 4.88. The number of nitrogens with one attached hydrogen (secondary N) is 2. The van der Waals surface area contributed by atoms with Crippen molar-refractivity contribution in [3.05, 3.63) is 30.3 Å². The van der Waals surface area contributed by atoms with Crippen LogP contribution in [0.4, 0.5) is 0 Å². The average molecular weight is 360 g/mol. The Morgan fingerprint density at radius 1 is 1.08 bits per heavy atom. The molecule has 2 heterocycles. The Hall–Kier alpha value is -2.12. The van der Waals surface area contributed by atoms with E-state index in [0.717, 1.165) is 12.2 Å². The third kappa shape index (κ3) is 4.95. The number of hydrazine groups is 1. The first kappa shape index (κ1) is 18.7. The summed E-state index contributed by atoms with van der Waals surface area (Å²) in [6.07, 6.45) is 1.98. The summed E-state index contributed by atoms with van der Waals surface area (Å²) in [7, 11) is 0. The molecule has 2 aliphatic rings. The predicted octanol–water partition coefficient (Wildman–Crippen LogP) is 0.771. The van der Waals surface area contributed by atoms with Crippen molar-refractivity contribution in [2.45, 2.75) is 38.3 Å². The van der Waals surface area contributed by atoms with Crippen LogP contribution in [0.25, 0.3) is 0 Å². The van der Waals surface area contributed by atoms with Gasteiger partial charge in [-0.2, -0.15) is 0 Å². The zero-order chi connectivity index (χ0) is 18.4. The molecule has 7 heteroatoms. The molecule has 2 amide bonds. The lowest BCUT2D eigenvalue weighted by Crippen LogP contribution is -2.54. The maximum Gasteiger partial charge on any atom is 0.241 e. The van der Waals surface area contributed by atoms with Gasteiger partial charge >= 0.3 is 0 Å². The molecular weight excluding hydrogens is 332 g/mol. The van der Waals surface area contributed by atoms with Gasteiger partial charge in [0.15, 0.2) is 0 Å². The van der Waals surface area contributed by atoms with E-state index in [1.54, 1.807) is 0 Å². The van der Waals surface area contributed by atoms with Gasteiger partial charge in [-0.3, -0.25) is 15.0 Å². The predicted molar refractivity (Wildman–Crippen MR) is 98.5 cm³/mol. The van der Waals surface area contributed by atoms with Crippen molar-refractivity contribution in [3.8, 4) is 5.75 Å². The molecular formula is C19H28N4O3. The Kier molecular flexibility index (Phi) is 6.46. The lowest BCUT2D eigenvalue weighted by molar-refractivity contribution is -0.140. The van der Waals surface area contributed by atoms with E-state index in [-0.39, 0.29) is 17.9 Å². The van der Waals surface area contributed by atoms with E-state index in [2.05, 4.69) is 17.8 Å². The maximum absolute atomic E-state index is 12.5. The molecule has 7 nitrogen and oxygen atoms in total. The molecule has 0 radical (unpaired) electrons. The second kappa shape index (κ2) is 9.00. The number of hydrogen-bond acceptors (Lipinski definition) is 5. The van der Waals surface area contributed by atoms with Crippen molar-refractivity contribution >= 4 is 11.8 Å². The van der Waals surface area contributed by atoms with Crippen LogP contribution in [0.15, 0.2) is 30.3 Å². The molecule has 2 atom stereocenters. The molecule has 26 heavy (non-hydrogen) atoms. The second-order valence-corrected chi connectivity index (χ2v) is 6.95. The standard InChI is InChI=1S/C19H28N4O3/c1-15-14-17(21-20-15)19(25)23-11-9-22(10-12-23)18(24)8-5-13-26-16-6-3-2-4-7-16/h2-4,6-7,15,17,20-21H,5,8-14H2,1H3. The average Bonchev–Trinajstić information content (AvgIpc) is 3.12. The monoisotopic (exact) mass is 360 g/mol. The van der Waals surface area contributed by atoms with Crippen LogP contribution in [-0.2, 0) is 9.59 Å². The van der Waals surface area contributed by atoms with Crippen LogP contribution in [0, 0.1) is 0 Å². The van der Waals surface area contributed by atoms with E-state index < -0.39 is 0 Å². The Morgan fingerprint density at radius 3 is 2.42 bits per heavy atom. The highest BCUT2D eigenvalue weighted by molar-refractivity contribution is 5.83. The maximum atomic E-state index is 12.5. The van der Waals surface area contributed by atoms with Crippen LogP contribution < -0.4 is 15.6 Å². The molecule has 1 aromatic rings. The number of amides is 2.